The lowest BCUT2D eigenvalue weighted by Gasteiger charge is -2.46. The van der Waals surface area contributed by atoms with E-state index < -0.39 is 24.4 Å². The fourth-order valence-electron chi connectivity index (χ4n) is 9.04. The molecule has 5 rings (SSSR count). The van der Waals surface area contributed by atoms with Gasteiger partial charge in [-0.25, -0.2) is 8.78 Å². The Kier molecular flexibility index (Phi) is 12.9. The summed E-state index contributed by atoms with van der Waals surface area (Å²) >= 11 is 0. The second-order valence-electron chi connectivity index (χ2n) is 15.6. The van der Waals surface area contributed by atoms with Crippen molar-refractivity contribution in [2.45, 2.75) is 121 Å². The minimum atomic E-state index is -1.06. The zero-order valence-corrected chi connectivity index (χ0v) is 28.4. The first-order valence-corrected chi connectivity index (χ1v) is 18.3. The molecule has 0 aromatic heterocycles. The number of likely N-dealkylation sites (N-methyl/N-ethyl adjacent to an activating group) is 1. The van der Waals surface area contributed by atoms with Crippen LogP contribution in [-0.2, 0) is 4.79 Å². The number of carbonyl (C=O) groups is 1. The monoisotopic (exact) mass is 639 g/mol. The number of likely N-dealkylation sites (tertiary alicyclic amines) is 1. The molecule has 260 valence electrons. The molecule has 4 heterocycles. The van der Waals surface area contributed by atoms with Gasteiger partial charge in [-0.1, -0.05) is 32.6 Å². The van der Waals surface area contributed by atoms with Crippen LogP contribution in [0.1, 0.15) is 78.1 Å². The van der Waals surface area contributed by atoms with Gasteiger partial charge in [0.25, 0.3) is 0 Å². The van der Waals surface area contributed by atoms with Gasteiger partial charge in [0.1, 0.15) is 12.3 Å². The van der Waals surface area contributed by atoms with Crippen molar-refractivity contribution in [3.8, 4) is 0 Å². The molecule has 11 heteroatoms. The zero-order valence-electron chi connectivity index (χ0n) is 28.4. The number of hydrogen-bond donors (Lipinski definition) is 5. The number of piperidine rings is 2. The van der Waals surface area contributed by atoms with Crippen molar-refractivity contribution < 1.29 is 13.6 Å². The van der Waals surface area contributed by atoms with Gasteiger partial charge >= 0.3 is 0 Å². The molecule has 0 aromatic rings. The van der Waals surface area contributed by atoms with E-state index in [1.54, 1.807) is 0 Å². The molecule has 4 saturated heterocycles. The molecule has 4 aliphatic heterocycles. The van der Waals surface area contributed by atoms with E-state index in [-0.39, 0.29) is 42.0 Å². The van der Waals surface area contributed by atoms with Crippen LogP contribution in [0.2, 0.25) is 0 Å². The number of carbonyl (C=O) groups excluding carboxylic acids is 1. The maximum absolute atomic E-state index is 15.7. The van der Waals surface area contributed by atoms with Gasteiger partial charge in [-0.15, -0.1) is 0 Å². The van der Waals surface area contributed by atoms with Crippen molar-refractivity contribution in [1.82, 2.24) is 36.0 Å². The molecule has 9 nitrogen and oxygen atoms in total. The predicted molar refractivity (Wildman–Crippen MR) is 178 cm³/mol. The Bertz CT molecular complexity index is 907. The summed E-state index contributed by atoms with van der Waals surface area (Å²) in [4.78, 5) is 21.4. The van der Waals surface area contributed by atoms with Gasteiger partial charge < -0.3 is 31.5 Å². The summed E-state index contributed by atoms with van der Waals surface area (Å²) in [6, 6.07) is -0.988. The van der Waals surface area contributed by atoms with Crippen LogP contribution in [-0.4, -0.2) is 136 Å². The highest BCUT2D eigenvalue weighted by molar-refractivity contribution is 5.80. The van der Waals surface area contributed by atoms with Gasteiger partial charge in [-0.3, -0.25) is 15.0 Å². The topological polar surface area (TPSA) is 101 Å². The molecule has 1 amide bonds. The van der Waals surface area contributed by atoms with Gasteiger partial charge in [-0.05, 0) is 76.9 Å². The summed E-state index contributed by atoms with van der Waals surface area (Å²) in [6.45, 7) is 12.7. The molecule has 0 bridgehead atoms. The van der Waals surface area contributed by atoms with Crippen LogP contribution in [0.3, 0.4) is 0 Å². The summed E-state index contributed by atoms with van der Waals surface area (Å²) < 4.78 is 30.7. The van der Waals surface area contributed by atoms with Crippen molar-refractivity contribution in [3.05, 3.63) is 0 Å². The first-order chi connectivity index (χ1) is 21.6. The average Bonchev–Trinajstić information content (AvgIpc) is 3.25. The number of rotatable bonds is 6. The van der Waals surface area contributed by atoms with E-state index in [0.29, 0.717) is 31.8 Å². The van der Waals surface area contributed by atoms with Gasteiger partial charge in [-0.2, -0.15) is 0 Å². The maximum Gasteiger partial charge on any atom is 0.227 e. The number of piperazine rings is 1. The van der Waals surface area contributed by atoms with E-state index in [1.807, 2.05) is 6.92 Å². The van der Waals surface area contributed by atoms with E-state index in [0.717, 1.165) is 71.5 Å². The van der Waals surface area contributed by atoms with E-state index in [2.05, 4.69) is 49.9 Å². The number of hydrogen-bond acceptors (Lipinski definition) is 8. The van der Waals surface area contributed by atoms with Crippen molar-refractivity contribution in [1.29, 1.82) is 0 Å². The summed E-state index contributed by atoms with van der Waals surface area (Å²) in [5.41, 5.74) is 6.92. The normalized spacial score (nSPS) is 39.2. The Morgan fingerprint density at radius 2 is 1.62 bits per heavy atom. The van der Waals surface area contributed by atoms with E-state index >= 15 is 8.78 Å². The fourth-order valence-corrected chi connectivity index (χ4v) is 9.04. The van der Waals surface area contributed by atoms with Crippen LogP contribution in [0.25, 0.3) is 0 Å². The number of nitrogens with one attached hydrogen (secondary N) is 4. The van der Waals surface area contributed by atoms with Gasteiger partial charge in [0.15, 0.2) is 0 Å². The summed E-state index contributed by atoms with van der Waals surface area (Å²) in [7, 11) is 2.19. The third-order valence-electron chi connectivity index (χ3n) is 12.1. The number of halogens is 2. The van der Waals surface area contributed by atoms with Crippen molar-refractivity contribution >= 4 is 5.91 Å². The molecule has 8 unspecified atom stereocenters. The second-order valence-corrected chi connectivity index (χ2v) is 15.6. The van der Waals surface area contributed by atoms with E-state index in [4.69, 9.17) is 5.73 Å². The molecule has 5 aliphatic rings. The Balaban J connectivity index is 1.23. The molecular formula is C34H64F2N8O. The minimum Gasteiger partial charge on any atom is -0.350 e. The number of nitrogens with two attached hydrogens (primary N) is 1. The van der Waals surface area contributed by atoms with Crippen LogP contribution in [0.15, 0.2) is 0 Å². The van der Waals surface area contributed by atoms with Crippen LogP contribution < -0.4 is 27.0 Å². The fraction of sp³-hybridized carbons (Fsp3) is 0.971. The Morgan fingerprint density at radius 1 is 0.933 bits per heavy atom. The molecule has 0 aromatic carbocycles. The van der Waals surface area contributed by atoms with Gasteiger partial charge in [0, 0.05) is 64.4 Å². The Morgan fingerprint density at radius 3 is 2.31 bits per heavy atom. The first-order valence-electron chi connectivity index (χ1n) is 18.3. The molecule has 1 aliphatic carbocycles. The highest BCUT2D eigenvalue weighted by atomic mass is 19.1. The standard InChI is InChI=1S/C34H64F2N8O/c1-24-30(32(37)41-29(9-8-26(35)20-39-24)34(2)12-6-4-5-7-13-34)33(45)40-28-22-38-21-27(36)31(28)44-14-10-25(11-15-44)23-43-18-16-42(3)17-19-43/h24-32,38-39,41H,4-23,37H2,1-3H3,(H,40,45). The third kappa shape index (κ3) is 9.36. The smallest absolute Gasteiger partial charge is 0.227 e. The molecule has 45 heavy (non-hydrogen) atoms. The second kappa shape index (κ2) is 16.4. The molecule has 0 spiro atoms. The Hall–Kier alpha value is -0.950. The lowest BCUT2D eigenvalue weighted by molar-refractivity contribution is -0.129. The number of nitrogens with zero attached hydrogens (tertiary/aromatic N) is 3. The lowest BCUT2D eigenvalue weighted by atomic mass is 9.73. The zero-order chi connectivity index (χ0) is 32.0. The molecule has 1 saturated carbocycles. The van der Waals surface area contributed by atoms with Crippen LogP contribution in [0.5, 0.6) is 0 Å². The van der Waals surface area contributed by atoms with Crippen LogP contribution in [0, 0.1) is 17.3 Å². The summed E-state index contributed by atoms with van der Waals surface area (Å²) in [5.74, 6) is -0.146. The number of alkyl halides is 2. The molecular weight excluding hydrogens is 574 g/mol. The van der Waals surface area contributed by atoms with E-state index in [9.17, 15) is 4.79 Å². The molecule has 0 radical (unpaired) electrons. The number of amides is 1. The quantitative estimate of drug-likeness (QED) is 0.282. The third-order valence-corrected chi connectivity index (χ3v) is 12.1. The maximum atomic E-state index is 15.7. The van der Waals surface area contributed by atoms with Crippen LogP contribution in [0.4, 0.5) is 8.78 Å². The minimum absolute atomic E-state index is 0.0288. The largest absolute Gasteiger partial charge is 0.350 e. The lowest BCUT2D eigenvalue weighted by Crippen LogP contribution is -2.68. The summed E-state index contributed by atoms with van der Waals surface area (Å²) in [6.07, 6.45) is 7.73. The van der Waals surface area contributed by atoms with Crippen molar-refractivity contribution in [2.75, 3.05) is 72.5 Å². The van der Waals surface area contributed by atoms with Crippen LogP contribution >= 0.6 is 0 Å². The van der Waals surface area contributed by atoms with Crippen molar-refractivity contribution in [3.63, 3.8) is 0 Å². The SMILES string of the molecule is CC1NCC(F)CCC(C2(C)CCCCCC2)NC(N)C1C(=O)NC1CNCC(F)C1N1CCC(CN2CCN(C)CC2)CC1. The molecule has 5 fully saturated rings. The average molecular weight is 639 g/mol. The molecule has 6 N–H and O–H groups in total. The van der Waals surface area contributed by atoms with Gasteiger partial charge in [0.05, 0.1) is 24.2 Å². The highest BCUT2D eigenvalue weighted by Crippen LogP contribution is 2.40. The summed E-state index contributed by atoms with van der Waals surface area (Å²) in [5, 5.41) is 13.4. The first kappa shape index (κ1) is 35.4. The van der Waals surface area contributed by atoms with Gasteiger partial charge in [0.2, 0.25) is 5.91 Å². The molecule has 8 atom stereocenters. The van der Waals surface area contributed by atoms with E-state index in [1.165, 1.54) is 25.7 Å². The predicted octanol–water partition coefficient (Wildman–Crippen LogP) is 2.07. The van der Waals surface area contributed by atoms with Crippen molar-refractivity contribution in [2.24, 2.45) is 23.0 Å². The highest BCUT2D eigenvalue weighted by Gasteiger charge is 2.44. The Labute approximate surface area is 271 Å².